The lowest BCUT2D eigenvalue weighted by atomic mass is 10.1. The Morgan fingerprint density at radius 2 is 1.68 bits per heavy atom. The zero-order valence-corrected chi connectivity index (χ0v) is 16.8. The largest absolute Gasteiger partial charge is 0.493 e. The maximum atomic E-state index is 12.5. The molecule has 1 aliphatic rings. The third kappa shape index (κ3) is 5.54. The second-order valence-electron chi connectivity index (χ2n) is 6.91. The molecule has 1 aliphatic heterocycles. The molecule has 0 atom stereocenters. The van der Waals surface area contributed by atoms with Crippen LogP contribution in [0.2, 0.25) is 0 Å². The normalized spacial score (nSPS) is 11.6. The molecule has 3 aromatic carbocycles. The Kier molecular flexibility index (Phi) is 6.32. The molecule has 2 N–H and O–H groups in total. The van der Waals surface area contributed by atoms with Crippen LogP contribution in [0.3, 0.4) is 0 Å². The van der Waals surface area contributed by atoms with Gasteiger partial charge in [0.25, 0.3) is 5.91 Å². The van der Waals surface area contributed by atoms with Crippen LogP contribution in [-0.2, 0) is 11.3 Å². The van der Waals surface area contributed by atoms with Gasteiger partial charge in [-0.3, -0.25) is 9.59 Å². The Bertz CT molecular complexity index is 1050. The monoisotopic (exact) mass is 418 g/mol. The van der Waals surface area contributed by atoms with Crippen LogP contribution in [0.4, 0.5) is 5.69 Å². The molecule has 0 aromatic heterocycles. The molecule has 0 saturated carbocycles. The third-order valence-corrected chi connectivity index (χ3v) is 4.68. The van der Waals surface area contributed by atoms with Gasteiger partial charge < -0.3 is 24.8 Å². The van der Waals surface area contributed by atoms with Gasteiger partial charge in [-0.1, -0.05) is 30.3 Å². The summed E-state index contributed by atoms with van der Waals surface area (Å²) in [5.41, 5.74) is 2.05. The average Bonchev–Trinajstić information content (AvgIpc) is 3.27. The lowest BCUT2D eigenvalue weighted by Crippen LogP contribution is -2.24. The molecule has 3 aromatic rings. The van der Waals surface area contributed by atoms with Gasteiger partial charge in [-0.05, 0) is 42.0 Å². The number of hydrogen-bond acceptors (Lipinski definition) is 5. The average molecular weight is 418 g/mol. The van der Waals surface area contributed by atoms with E-state index in [1.165, 1.54) is 0 Å². The summed E-state index contributed by atoms with van der Waals surface area (Å²) in [4.78, 5) is 24.5. The van der Waals surface area contributed by atoms with Crippen molar-refractivity contribution in [3.8, 4) is 17.2 Å². The van der Waals surface area contributed by atoms with Crippen LogP contribution in [0.5, 0.6) is 17.2 Å². The molecule has 158 valence electrons. The molecule has 0 saturated heterocycles. The molecule has 0 fully saturated rings. The third-order valence-electron chi connectivity index (χ3n) is 4.68. The lowest BCUT2D eigenvalue weighted by molar-refractivity contribution is -0.121. The summed E-state index contributed by atoms with van der Waals surface area (Å²) in [7, 11) is 0. The van der Waals surface area contributed by atoms with E-state index in [2.05, 4.69) is 10.6 Å². The van der Waals surface area contributed by atoms with Gasteiger partial charge in [0.2, 0.25) is 12.7 Å². The topological polar surface area (TPSA) is 85.9 Å². The second-order valence-corrected chi connectivity index (χ2v) is 6.91. The van der Waals surface area contributed by atoms with E-state index in [-0.39, 0.29) is 25.0 Å². The van der Waals surface area contributed by atoms with Crippen molar-refractivity contribution in [3.05, 3.63) is 83.9 Å². The first kappa shape index (κ1) is 20.3. The van der Waals surface area contributed by atoms with E-state index in [1.807, 2.05) is 42.5 Å². The van der Waals surface area contributed by atoms with E-state index in [9.17, 15) is 9.59 Å². The SMILES string of the molecule is O=C(CCOc1ccccc1)NCc1ccc(C(=O)Nc2ccc3c(c2)OCO3)cc1. The van der Waals surface area contributed by atoms with Crippen molar-refractivity contribution in [3.63, 3.8) is 0 Å². The molecular formula is C24H22N2O5. The van der Waals surface area contributed by atoms with Crippen molar-refractivity contribution >= 4 is 17.5 Å². The van der Waals surface area contributed by atoms with E-state index < -0.39 is 0 Å². The number of amides is 2. The molecule has 4 rings (SSSR count). The number of rotatable bonds is 8. The zero-order chi connectivity index (χ0) is 21.5. The number of benzene rings is 3. The second kappa shape index (κ2) is 9.67. The van der Waals surface area contributed by atoms with E-state index in [4.69, 9.17) is 14.2 Å². The van der Waals surface area contributed by atoms with Crippen LogP contribution in [0, 0.1) is 0 Å². The highest BCUT2D eigenvalue weighted by Crippen LogP contribution is 2.34. The van der Waals surface area contributed by atoms with Crippen LogP contribution in [0.15, 0.2) is 72.8 Å². The van der Waals surface area contributed by atoms with Crippen LogP contribution < -0.4 is 24.8 Å². The molecule has 2 amide bonds. The minimum absolute atomic E-state index is 0.0967. The summed E-state index contributed by atoms with van der Waals surface area (Å²) in [5.74, 6) is 1.69. The fraction of sp³-hybridized carbons (Fsp3) is 0.167. The molecule has 7 heteroatoms. The first-order valence-electron chi connectivity index (χ1n) is 9.92. The van der Waals surface area contributed by atoms with E-state index in [1.54, 1.807) is 30.3 Å². The maximum Gasteiger partial charge on any atom is 0.255 e. The molecule has 0 aliphatic carbocycles. The Morgan fingerprint density at radius 1 is 0.903 bits per heavy atom. The summed E-state index contributed by atoms with van der Waals surface area (Å²) >= 11 is 0. The summed E-state index contributed by atoms with van der Waals surface area (Å²) < 4.78 is 16.1. The molecule has 0 bridgehead atoms. The minimum atomic E-state index is -0.229. The van der Waals surface area contributed by atoms with Gasteiger partial charge >= 0.3 is 0 Å². The fourth-order valence-corrected chi connectivity index (χ4v) is 3.02. The van der Waals surface area contributed by atoms with Crippen LogP contribution >= 0.6 is 0 Å². The number of para-hydroxylation sites is 1. The maximum absolute atomic E-state index is 12.5. The van der Waals surface area contributed by atoms with E-state index in [0.717, 1.165) is 11.3 Å². The summed E-state index contributed by atoms with van der Waals surface area (Å²) in [6, 6.07) is 21.7. The van der Waals surface area contributed by atoms with Crippen molar-refractivity contribution in [1.82, 2.24) is 5.32 Å². The minimum Gasteiger partial charge on any atom is -0.493 e. The van der Waals surface area contributed by atoms with Crippen molar-refractivity contribution in [2.75, 3.05) is 18.7 Å². The first-order chi connectivity index (χ1) is 15.2. The van der Waals surface area contributed by atoms with Crippen molar-refractivity contribution in [2.45, 2.75) is 13.0 Å². The standard InChI is InChI=1S/C24H22N2O5/c27-23(12-13-29-20-4-2-1-3-5-20)25-15-17-6-8-18(9-7-17)24(28)26-19-10-11-21-22(14-19)31-16-30-21/h1-11,14H,12-13,15-16H2,(H,25,27)(H,26,28). The summed E-state index contributed by atoms with van der Waals surface area (Å²) in [6.07, 6.45) is 0.269. The van der Waals surface area contributed by atoms with Crippen LogP contribution in [0.25, 0.3) is 0 Å². The molecular weight excluding hydrogens is 396 g/mol. The Hall–Kier alpha value is -4.00. The zero-order valence-electron chi connectivity index (χ0n) is 16.8. The summed E-state index contributed by atoms with van der Waals surface area (Å²) in [5, 5.41) is 5.69. The van der Waals surface area contributed by atoms with Crippen LogP contribution in [0.1, 0.15) is 22.3 Å². The van der Waals surface area contributed by atoms with E-state index >= 15 is 0 Å². The molecule has 1 heterocycles. The predicted octanol–water partition coefficient (Wildman–Crippen LogP) is 3.75. The molecule has 0 unspecified atom stereocenters. The van der Waals surface area contributed by atoms with Gasteiger partial charge in [0.1, 0.15) is 5.75 Å². The number of fused-ring (bicyclic) bond motifs is 1. The number of carbonyl (C=O) groups excluding carboxylic acids is 2. The van der Waals surface area contributed by atoms with Gasteiger partial charge in [0, 0.05) is 23.9 Å². The quantitative estimate of drug-likeness (QED) is 0.582. The Labute approximate surface area is 179 Å². The van der Waals surface area contributed by atoms with Crippen LogP contribution in [-0.4, -0.2) is 25.2 Å². The van der Waals surface area contributed by atoms with Gasteiger partial charge in [0.05, 0.1) is 13.0 Å². The first-order valence-corrected chi connectivity index (χ1v) is 9.92. The summed E-state index contributed by atoms with van der Waals surface area (Å²) in [6.45, 7) is 0.883. The molecule has 31 heavy (non-hydrogen) atoms. The highest BCUT2D eigenvalue weighted by Gasteiger charge is 2.14. The number of ether oxygens (including phenoxy) is 3. The number of carbonyl (C=O) groups is 2. The highest BCUT2D eigenvalue weighted by molar-refractivity contribution is 6.04. The Balaban J connectivity index is 1.22. The molecule has 0 radical (unpaired) electrons. The number of hydrogen-bond donors (Lipinski definition) is 2. The number of nitrogens with one attached hydrogen (secondary N) is 2. The molecule has 0 spiro atoms. The van der Waals surface area contributed by atoms with Gasteiger partial charge in [0.15, 0.2) is 11.5 Å². The van der Waals surface area contributed by atoms with Gasteiger partial charge in [-0.2, -0.15) is 0 Å². The Morgan fingerprint density at radius 3 is 2.48 bits per heavy atom. The predicted molar refractivity (Wildman–Crippen MR) is 115 cm³/mol. The van der Waals surface area contributed by atoms with Crippen molar-refractivity contribution < 1.29 is 23.8 Å². The van der Waals surface area contributed by atoms with Gasteiger partial charge in [-0.15, -0.1) is 0 Å². The van der Waals surface area contributed by atoms with Crippen molar-refractivity contribution in [2.24, 2.45) is 0 Å². The highest BCUT2D eigenvalue weighted by atomic mass is 16.7. The molecule has 7 nitrogen and oxygen atoms in total. The fourth-order valence-electron chi connectivity index (χ4n) is 3.02. The van der Waals surface area contributed by atoms with Crippen molar-refractivity contribution in [1.29, 1.82) is 0 Å². The smallest absolute Gasteiger partial charge is 0.255 e. The van der Waals surface area contributed by atoms with Gasteiger partial charge in [-0.25, -0.2) is 0 Å². The number of anilines is 1. The van der Waals surface area contributed by atoms with E-state index in [0.29, 0.717) is 35.9 Å². The lowest BCUT2D eigenvalue weighted by Gasteiger charge is -2.09.